The van der Waals surface area contributed by atoms with Crippen molar-refractivity contribution >= 4 is 72.3 Å². The number of ether oxygens (including phenoxy) is 1. The van der Waals surface area contributed by atoms with Crippen LogP contribution in [0.4, 0.5) is 11.4 Å². The van der Waals surface area contributed by atoms with Crippen LogP contribution >= 0.6 is 0 Å². The number of Topliss-reactive ketones (excluding diaryl/α,β-unsaturated/α-hetero) is 1. The van der Waals surface area contributed by atoms with Crippen LogP contribution in [0.3, 0.4) is 0 Å². The van der Waals surface area contributed by atoms with Crippen molar-refractivity contribution in [3.8, 4) is 0 Å². The zero-order valence-corrected chi connectivity index (χ0v) is 42.1. The number of esters is 1. The number of hydrogen-bond acceptors (Lipinski definition) is 8. The Bertz CT molecular complexity index is 2840. The fourth-order valence-electron chi connectivity index (χ4n) is 9.88. The summed E-state index contributed by atoms with van der Waals surface area (Å²) in [6.45, 7) is 13.5. The molecule has 4 aromatic carbocycles. The van der Waals surface area contributed by atoms with Gasteiger partial charge in [0.1, 0.15) is 6.54 Å². The molecular weight excluding hydrogens is 889 g/mol. The van der Waals surface area contributed by atoms with E-state index in [0.717, 1.165) is 30.8 Å². The Morgan fingerprint density at radius 3 is 2.13 bits per heavy atom. The fraction of sp³-hybridized carbons (Fsp3) is 0.411. The van der Waals surface area contributed by atoms with Gasteiger partial charge in [-0.25, -0.2) is 0 Å². The summed E-state index contributed by atoms with van der Waals surface area (Å²) in [4.78, 5) is 52.5. The van der Waals surface area contributed by atoms with Crippen LogP contribution in [0.5, 0.6) is 0 Å². The average Bonchev–Trinajstić information content (AvgIpc) is 3.65. The number of hydrogen-bond donors (Lipinski definition) is 2. The second-order valence-electron chi connectivity index (χ2n) is 19.2. The van der Waals surface area contributed by atoms with Gasteiger partial charge in [-0.05, 0) is 98.2 Å². The number of likely N-dealkylation sites (N-methyl/N-ethyl adjacent to an activating group) is 1. The molecule has 0 saturated heterocycles. The highest BCUT2D eigenvalue weighted by Crippen LogP contribution is 2.51. The minimum atomic E-state index is -4.03. The Kier molecular flexibility index (Phi) is 17.4. The summed E-state index contributed by atoms with van der Waals surface area (Å²) in [6.07, 6.45) is 18.1. The number of nitrogens with zero attached hydrogens (tertiary/aromatic N) is 3. The molecular formula is C56H69N4O8S+. The van der Waals surface area contributed by atoms with Crippen molar-refractivity contribution in [2.75, 3.05) is 43.9 Å². The number of unbranched alkanes of at least 4 members (excludes halogenated alkanes) is 3. The van der Waals surface area contributed by atoms with E-state index in [0.29, 0.717) is 38.6 Å². The molecule has 0 fully saturated rings. The lowest BCUT2D eigenvalue weighted by Crippen LogP contribution is -2.36. The number of fused-ring (bicyclic) bond motifs is 6. The van der Waals surface area contributed by atoms with Crippen LogP contribution in [-0.4, -0.2) is 96.8 Å². The summed E-state index contributed by atoms with van der Waals surface area (Å²) in [6, 6.07) is 25.6. The lowest BCUT2D eigenvalue weighted by atomic mass is 9.79. The standard InChI is InChI=1S/C56H68N4O8S/c1-40(68-41(2)61)54(64)57-35-22-25-44(62)39-58(7)51(63)30-14-11-19-36-59-47-33-31-42-23-15-17-26-45(42)52(47)55(3,4)49(59)28-12-9-8-10-13-29-50-56(5,6)53-46-27-18-16-24-43(46)32-34-48(53)60(50)37-20-21-38-69(65,66)67/h8-10,12-13,15-18,23-24,26-29,31-34,40H,11,14,19-22,25,30,35-39H2,1-7H3,(H-,57,64,65,66,67)/p+1/t40-/m0/s1. The normalized spacial score (nSPS) is 16.3. The summed E-state index contributed by atoms with van der Waals surface area (Å²) in [5.74, 6) is -1.37. The van der Waals surface area contributed by atoms with E-state index in [1.54, 1.807) is 7.05 Å². The molecule has 0 bridgehead atoms. The van der Waals surface area contributed by atoms with E-state index in [1.165, 1.54) is 62.8 Å². The number of carbonyl (C=O) groups is 4. The number of anilines is 1. The highest BCUT2D eigenvalue weighted by molar-refractivity contribution is 7.85. The van der Waals surface area contributed by atoms with E-state index in [-0.39, 0.29) is 47.8 Å². The van der Waals surface area contributed by atoms with Crippen LogP contribution in [0.25, 0.3) is 21.5 Å². The first kappa shape index (κ1) is 52.2. The third kappa shape index (κ3) is 12.9. The lowest BCUT2D eigenvalue weighted by Gasteiger charge is -2.27. The maximum atomic E-state index is 13.0. The third-order valence-electron chi connectivity index (χ3n) is 13.2. The van der Waals surface area contributed by atoms with Crippen molar-refractivity contribution in [3.63, 3.8) is 0 Å². The van der Waals surface area contributed by atoms with Crippen LogP contribution in [0.1, 0.15) is 104 Å². The molecule has 0 aliphatic carbocycles. The molecule has 2 amide bonds. The number of amides is 2. The van der Waals surface area contributed by atoms with Crippen LogP contribution in [0.2, 0.25) is 0 Å². The molecule has 1 atom stereocenters. The summed E-state index contributed by atoms with van der Waals surface area (Å²) in [7, 11) is -2.37. The van der Waals surface area contributed by atoms with Crippen molar-refractivity contribution < 1.29 is 41.5 Å². The molecule has 4 aromatic rings. The van der Waals surface area contributed by atoms with Crippen molar-refractivity contribution in [3.05, 3.63) is 132 Å². The summed E-state index contributed by atoms with van der Waals surface area (Å²) >= 11 is 0. The van der Waals surface area contributed by atoms with E-state index in [9.17, 15) is 32.1 Å². The first-order chi connectivity index (χ1) is 32.8. The van der Waals surface area contributed by atoms with Crippen molar-refractivity contribution in [1.82, 2.24) is 10.2 Å². The number of carbonyl (C=O) groups excluding carboxylic acids is 4. The number of nitrogens with one attached hydrogen (secondary N) is 1. The first-order valence-corrected chi connectivity index (χ1v) is 25.8. The Labute approximate surface area is 408 Å². The summed E-state index contributed by atoms with van der Waals surface area (Å²) in [5, 5.41) is 7.47. The van der Waals surface area contributed by atoms with Gasteiger partial charge in [-0.15, -0.1) is 0 Å². The molecule has 12 nitrogen and oxygen atoms in total. The zero-order chi connectivity index (χ0) is 49.9. The molecule has 13 heteroatoms. The molecule has 0 unspecified atom stereocenters. The van der Waals surface area contributed by atoms with Gasteiger partial charge in [-0.2, -0.15) is 13.0 Å². The van der Waals surface area contributed by atoms with Gasteiger partial charge in [0.2, 0.25) is 11.6 Å². The molecule has 2 aliphatic rings. The van der Waals surface area contributed by atoms with Gasteiger partial charge in [0, 0.05) is 80.8 Å². The quantitative estimate of drug-likeness (QED) is 0.0243. The molecule has 366 valence electrons. The minimum absolute atomic E-state index is 0.0179. The third-order valence-corrected chi connectivity index (χ3v) is 14.1. The minimum Gasteiger partial charge on any atom is -0.453 e. The molecule has 69 heavy (non-hydrogen) atoms. The number of allylic oxidation sites excluding steroid dienone is 8. The summed E-state index contributed by atoms with van der Waals surface area (Å²) < 4.78 is 39.6. The van der Waals surface area contributed by atoms with E-state index >= 15 is 0 Å². The van der Waals surface area contributed by atoms with Gasteiger partial charge < -0.3 is 19.9 Å². The van der Waals surface area contributed by atoms with Gasteiger partial charge in [-0.1, -0.05) is 98.8 Å². The van der Waals surface area contributed by atoms with Crippen LogP contribution in [0, 0.1) is 0 Å². The van der Waals surface area contributed by atoms with Crippen molar-refractivity contribution in [1.29, 1.82) is 0 Å². The predicted octanol–water partition coefficient (Wildman–Crippen LogP) is 9.82. The van der Waals surface area contributed by atoms with Crippen LogP contribution in [-0.2, 0) is 44.9 Å². The molecule has 0 aromatic heterocycles. The van der Waals surface area contributed by atoms with E-state index in [1.807, 2.05) is 24.3 Å². The molecule has 6 rings (SSSR count). The maximum Gasteiger partial charge on any atom is 0.303 e. The summed E-state index contributed by atoms with van der Waals surface area (Å²) in [5.41, 5.74) is 6.58. The van der Waals surface area contributed by atoms with E-state index < -0.39 is 28.1 Å². The SMILES string of the molecule is CC(=O)O[C@@H](C)C(=O)NCCCC(=O)CN(C)C(=O)CCCCC[N+]1=C(C=CC=CC=CC=C2N(CCCCS(=O)(=O)O)c3ccc4ccccc4c3C2(C)C)C(C)(C)c2c1ccc1ccccc21. The Balaban J connectivity index is 1.09. The molecule has 2 aliphatic heterocycles. The molecule has 2 heterocycles. The lowest BCUT2D eigenvalue weighted by molar-refractivity contribution is -0.438. The maximum absolute atomic E-state index is 13.0. The monoisotopic (exact) mass is 957 g/mol. The smallest absolute Gasteiger partial charge is 0.303 e. The van der Waals surface area contributed by atoms with E-state index in [4.69, 9.17) is 4.74 Å². The second-order valence-corrected chi connectivity index (χ2v) is 20.8. The van der Waals surface area contributed by atoms with Gasteiger partial charge in [0.05, 0.1) is 17.7 Å². The average molecular weight is 958 g/mol. The molecule has 0 radical (unpaired) electrons. The van der Waals surface area contributed by atoms with Crippen LogP contribution < -0.4 is 10.2 Å². The molecule has 0 saturated carbocycles. The van der Waals surface area contributed by atoms with Gasteiger partial charge in [0.25, 0.3) is 16.0 Å². The Morgan fingerprint density at radius 1 is 0.783 bits per heavy atom. The van der Waals surface area contributed by atoms with Gasteiger partial charge in [-0.3, -0.25) is 23.7 Å². The van der Waals surface area contributed by atoms with Crippen molar-refractivity contribution in [2.24, 2.45) is 0 Å². The number of ketones is 1. The predicted molar refractivity (Wildman–Crippen MR) is 277 cm³/mol. The topological polar surface area (TPSA) is 153 Å². The van der Waals surface area contributed by atoms with Gasteiger partial charge in [0.15, 0.2) is 17.6 Å². The van der Waals surface area contributed by atoms with Crippen molar-refractivity contribution in [2.45, 2.75) is 110 Å². The fourth-order valence-corrected chi connectivity index (χ4v) is 10.5. The molecule has 2 N–H and O–H groups in total. The van der Waals surface area contributed by atoms with Crippen LogP contribution in [0.15, 0.2) is 121 Å². The Morgan fingerprint density at radius 2 is 1.43 bits per heavy atom. The number of benzene rings is 4. The first-order valence-electron chi connectivity index (χ1n) is 24.2. The second kappa shape index (κ2) is 23.0. The highest BCUT2D eigenvalue weighted by Gasteiger charge is 2.45. The number of rotatable bonds is 23. The van der Waals surface area contributed by atoms with E-state index in [2.05, 4.69) is 134 Å². The largest absolute Gasteiger partial charge is 0.453 e. The zero-order valence-electron chi connectivity index (χ0n) is 41.3. The highest BCUT2D eigenvalue weighted by atomic mass is 32.2. The molecule has 0 spiro atoms. The Hall–Kier alpha value is -6.18. The van der Waals surface area contributed by atoms with Gasteiger partial charge >= 0.3 is 5.97 Å².